The molecular formula is C14H11Cl2N5O2. The Morgan fingerprint density at radius 3 is 2.52 bits per heavy atom. The minimum atomic E-state index is -0.387. The third-order valence-corrected chi connectivity index (χ3v) is 3.53. The molecule has 0 aliphatic heterocycles. The monoisotopic (exact) mass is 351 g/mol. The fourth-order valence-electron chi connectivity index (χ4n) is 2.10. The van der Waals surface area contributed by atoms with Crippen molar-refractivity contribution in [1.82, 2.24) is 20.0 Å². The molecule has 0 radical (unpaired) electrons. The Balaban J connectivity index is 1.84. The summed E-state index contributed by atoms with van der Waals surface area (Å²) in [4.78, 5) is 12.2. The van der Waals surface area contributed by atoms with Crippen LogP contribution in [-0.4, -0.2) is 25.9 Å². The van der Waals surface area contributed by atoms with Crippen molar-refractivity contribution in [1.29, 1.82) is 0 Å². The fourth-order valence-corrected chi connectivity index (χ4v) is 2.62. The van der Waals surface area contributed by atoms with Crippen LogP contribution in [0.15, 0.2) is 28.8 Å². The van der Waals surface area contributed by atoms with E-state index in [1.165, 1.54) is 4.68 Å². The van der Waals surface area contributed by atoms with Crippen LogP contribution in [0.4, 0.5) is 6.01 Å². The Labute approximate surface area is 141 Å². The zero-order valence-corrected chi connectivity index (χ0v) is 13.7. The molecule has 0 saturated carbocycles. The molecule has 0 atom stereocenters. The summed E-state index contributed by atoms with van der Waals surface area (Å²) in [5.41, 5.74) is 1.72. The number of amides is 1. The third kappa shape index (κ3) is 3.20. The van der Waals surface area contributed by atoms with E-state index in [9.17, 15) is 4.79 Å². The van der Waals surface area contributed by atoms with Gasteiger partial charge in [-0.2, -0.15) is 5.10 Å². The van der Waals surface area contributed by atoms with E-state index in [-0.39, 0.29) is 17.8 Å². The predicted molar refractivity (Wildman–Crippen MR) is 85.7 cm³/mol. The second-order valence-corrected chi connectivity index (χ2v) is 5.70. The molecule has 3 aromatic rings. The van der Waals surface area contributed by atoms with Gasteiger partial charge in [0.05, 0.1) is 6.20 Å². The van der Waals surface area contributed by atoms with Gasteiger partial charge in [0.2, 0.25) is 5.89 Å². The van der Waals surface area contributed by atoms with Crippen LogP contribution < -0.4 is 5.32 Å². The van der Waals surface area contributed by atoms with E-state index in [2.05, 4.69) is 20.6 Å². The van der Waals surface area contributed by atoms with Crippen molar-refractivity contribution in [3.63, 3.8) is 0 Å². The number of nitrogens with one attached hydrogen (secondary N) is 1. The Hall–Kier alpha value is -2.38. The lowest BCUT2D eigenvalue weighted by Gasteiger charge is -2.02. The van der Waals surface area contributed by atoms with E-state index in [4.69, 9.17) is 27.6 Å². The maximum Gasteiger partial charge on any atom is 0.322 e. The highest BCUT2D eigenvalue weighted by Crippen LogP contribution is 2.27. The van der Waals surface area contributed by atoms with Gasteiger partial charge in [0.25, 0.3) is 5.91 Å². The number of aromatic nitrogens is 4. The van der Waals surface area contributed by atoms with Gasteiger partial charge >= 0.3 is 6.01 Å². The Morgan fingerprint density at radius 2 is 1.91 bits per heavy atom. The number of halogens is 2. The highest BCUT2D eigenvalue weighted by molar-refractivity contribution is 6.35. The van der Waals surface area contributed by atoms with E-state index in [1.807, 2.05) is 0 Å². The van der Waals surface area contributed by atoms with Crippen LogP contribution in [0, 0.1) is 6.92 Å². The molecule has 1 aromatic carbocycles. The van der Waals surface area contributed by atoms with Gasteiger partial charge in [-0.3, -0.25) is 14.8 Å². The average Bonchev–Trinajstić information content (AvgIpc) is 3.05. The molecule has 1 N–H and O–H groups in total. The first-order chi connectivity index (χ1) is 10.9. The quantitative estimate of drug-likeness (QED) is 0.781. The first-order valence-electron chi connectivity index (χ1n) is 6.54. The van der Waals surface area contributed by atoms with Gasteiger partial charge in [0, 0.05) is 22.7 Å². The lowest BCUT2D eigenvalue weighted by atomic mass is 10.2. The number of carbonyl (C=O) groups is 1. The zero-order chi connectivity index (χ0) is 16.6. The van der Waals surface area contributed by atoms with E-state index >= 15 is 0 Å². The fraction of sp³-hybridized carbons (Fsp3) is 0.143. The number of aryl methyl sites for hydroxylation is 2. The van der Waals surface area contributed by atoms with Crippen LogP contribution in [0.5, 0.6) is 0 Å². The molecule has 0 bridgehead atoms. The van der Waals surface area contributed by atoms with Gasteiger partial charge in [0.15, 0.2) is 0 Å². The summed E-state index contributed by atoms with van der Waals surface area (Å²) in [7, 11) is 1.68. The normalized spacial score (nSPS) is 10.8. The summed E-state index contributed by atoms with van der Waals surface area (Å²) in [6, 6.07) is 4.84. The molecule has 3 rings (SSSR count). The van der Waals surface area contributed by atoms with E-state index in [0.717, 1.165) is 5.56 Å². The Bertz CT molecular complexity index is 847. The molecule has 9 heteroatoms. The first kappa shape index (κ1) is 15.5. The van der Waals surface area contributed by atoms with Crippen molar-refractivity contribution in [3.8, 4) is 11.5 Å². The largest absolute Gasteiger partial charge is 0.403 e. The number of carbonyl (C=O) groups excluding carboxylic acids is 1. The van der Waals surface area contributed by atoms with Crippen LogP contribution in [0.1, 0.15) is 16.1 Å². The van der Waals surface area contributed by atoms with Crippen molar-refractivity contribution in [2.45, 2.75) is 6.92 Å². The molecule has 23 heavy (non-hydrogen) atoms. The number of hydrogen-bond acceptors (Lipinski definition) is 5. The van der Waals surface area contributed by atoms with Crippen LogP contribution in [0.2, 0.25) is 10.0 Å². The molecule has 0 aliphatic carbocycles. The van der Waals surface area contributed by atoms with Crippen molar-refractivity contribution >= 4 is 35.1 Å². The first-order valence-corrected chi connectivity index (χ1v) is 7.29. The zero-order valence-electron chi connectivity index (χ0n) is 12.2. The maximum absolute atomic E-state index is 12.2. The predicted octanol–water partition coefficient (Wildman–Crippen LogP) is 3.34. The lowest BCUT2D eigenvalue weighted by Crippen LogP contribution is -2.17. The van der Waals surface area contributed by atoms with Gasteiger partial charge in [0.1, 0.15) is 5.69 Å². The number of nitrogens with zero attached hydrogens (tertiary/aromatic N) is 4. The lowest BCUT2D eigenvalue weighted by molar-refractivity contribution is 0.101. The summed E-state index contributed by atoms with van der Waals surface area (Å²) in [6.45, 7) is 1.79. The minimum Gasteiger partial charge on any atom is -0.403 e. The van der Waals surface area contributed by atoms with Crippen LogP contribution in [-0.2, 0) is 7.05 Å². The molecule has 118 valence electrons. The molecule has 7 nitrogen and oxygen atoms in total. The van der Waals surface area contributed by atoms with Gasteiger partial charge < -0.3 is 4.42 Å². The third-order valence-electron chi connectivity index (χ3n) is 3.09. The molecular weight excluding hydrogens is 341 g/mol. The molecule has 0 unspecified atom stereocenters. The summed E-state index contributed by atoms with van der Waals surface area (Å²) in [5.74, 6) is -0.187. The number of benzene rings is 1. The van der Waals surface area contributed by atoms with E-state index < -0.39 is 0 Å². The van der Waals surface area contributed by atoms with Crippen molar-refractivity contribution in [3.05, 3.63) is 45.7 Å². The number of anilines is 1. The van der Waals surface area contributed by atoms with E-state index in [0.29, 0.717) is 21.3 Å². The number of hydrogen-bond donors (Lipinski definition) is 1. The smallest absolute Gasteiger partial charge is 0.322 e. The molecule has 2 heterocycles. The molecule has 2 aromatic heterocycles. The van der Waals surface area contributed by atoms with Crippen LogP contribution in [0.3, 0.4) is 0 Å². The highest BCUT2D eigenvalue weighted by Gasteiger charge is 2.18. The van der Waals surface area contributed by atoms with Crippen LogP contribution >= 0.6 is 23.2 Å². The highest BCUT2D eigenvalue weighted by atomic mass is 35.5. The Morgan fingerprint density at radius 1 is 1.22 bits per heavy atom. The maximum atomic E-state index is 12.2. The summed E-state index contributed by atoms with van der Waals surface area (Å²) in [5, 5.41) is 15.1. The van der Waals surface area contributed by atoms with Gasteiger partial charge in [-0.05, 0) is 30.7 Å². The van der Waals surface area contributed by atoms with Gasteiger partial charge in [-0.1, -0.05) is 28.3 Å². The van der Waals surface area contributed by atoms with Gasteiger partial charge in [-0.15, -0.1) is 5.10 Å². The van der Waals surface area contributed by atoms with Crippen molar-refractivity contribution in [2.24, 2.45) is 7.05 Å². The second-order valence-electron chi connectivity index (χ2n) is 4.82. The molecule has 1 amide bonds. The summed E-state index contributed by atoms with van der Waals surface area (Å²) >= 11 is 11.9. The van der Waals surface area contributed by atoms with Gasteiger partial charge in [-0.25, -0.2) is 0 Å². The van der Waals surface area contributed by atoms with Crippen molar-refractivity contribution in [2.75, 3.05) is 5.32 Å². The number of rotatable bonds is 3. The average molecular weight is 352 g/mol. The SMILES string of the molecule is Cc1cnn(C)c1C(=O)Nc1nnc(-c2cc(Cl)cc(Cl)c2)o1. The molecule has 0 aliphatic rings. The standard InChI is InChI=1S/C14H11Cl2N5O2/c1-7-6-17-21(2)11(7)12(22)18-14-20-19-13(23-14)8-3-9(15)5-10(16)4-8/h3-6H,1-2H3,(H,18,20,22). The molecule has 0 saturated heterocycles. The van der Waals surface area contributed by atoms with Crippen LogP contribution in [0.25, 0.3) is 11.5 Å². The Kier molecular flexibility index (Phi) is 4.06. The molecule has 0 fully saturated rings. The van der Waals surface area contributed by atoms with E-state index in [1.54, 1.807) is 38.4 Å². The summed E-state index contributed by atoms with van der Waals surface area (Å²) < 4.78 is 6.90. The topological polar surface area (TPSA) is 85.8 Å². The minimum absolute atomic E-state index is 0.0262. The van der Waals surface area contributed by atoms with Crippen molar-refractivity contribution < 1.29 is 9.21 Å². The molecule has 0 spiro atoms. The summed E-state index contributed by atoms with van der Waals surface area (Å²) in [6.07, 6.45) is 1.60. The second kappa shape index (κ2) is 6.02.